The normalized spacial score (nSPS) is 13.2. The number of hydrogen-bond acceptors (Lipinski definition) is 6. The van der Waals surface area contributed by atoms with Crippen LogP contribution in [-0.4, -0.2) is 28.3 Å². The van der Waals surface area contributed by atoms with Gasteiger partial charge in [0.25, 0.3) is 0 Å². The van der Waals surface area contributed by atoms with Crippen LogP contribution in [0.1, 0.15) is 65.6 Å². The Morgan fingerprint density at radius 2 is 1.95 bits per heavy atom. The fraction of sp³-hybridized carbons (Fsp3) is 0.296. The number of alkyl halides is 3. The predicted molar refractivity (Wildman–Crippen MR) is 139 cm³/mol. The van der Waals surface area contributed by atoms with Gasteiger partial charge < -0.3 is 14.6 Å². The molecule has 0 saturated carbocycles. The van der Waals surface area contributed by atoms with Gasteiger partial charge in [-0.2, -0.15) is 13.2 Å². The van der Waals surface area contributed by atoms with Gasteiger partial charge in [0.1, 0.15) is 17.1 Å². The van der Waals surface area contributed by atoms with E-state index in [9.17, 15) is 32.7 Å². The Hall–Kier alpha value is -3.86. The molecule has 1 amide bonds. The van der Waals surface area contributed by atoms with Crippen molar-refractivity contribution in [3.8, 4) is 5.75 Å². The van der Waals surface area contributed by atoms with E-state index in [-0.39, 0.29) is 23.7 Å². The molecule has 0 aliphatic carbocycles. The molecule has 2 aromatic heterocycles. The van der Waals surface area contributed by atoms with E-state index in [1.807, 2.05) is 0 Å². The van der Waals surface area contributed by atoms with E-state index in [2.05, 4.69) is 5.32 Å². The molecule has 7 nitrogen and oxygen atoms in total. The number of halogens is 3. The van der Waals surface area contributed by atoms with Crippen molar-refractivity contribution in [3.63, 3.8) is 0 Å². The molecule has 2 heterocycles. The Morgan fingerprint density at radius 1 is 1.21 bits per heavy atom. The first-order chi connectivity index (χ1) is 17.8. The Kier molecular flexibility index (Phi) is 9.16. The number of carbonyl (C=O) groups excluding carboxylic acids is 1. The molecule has 0 bridgehead atoms. The fourth-order valence-corrected chi connectivity index (χ4v) is 4.87. The smallest absolute Gasteiger partial charge is 0.408 e. The van der Waals surface area contributed by atoms with Gasteiger partial charge in [0, 0.05) is 34.2 Å². The summed E-state index contributed by atoms with van der Waals surface area (Å²) in [5.41, 5.74) is -0.729. The second-order valence-electron chi connectivity index (χ2n) is 8.82. The van der Waals surface area contributed by atoms with Crippen LogP contribution in [0, 0.1) is 0 Å². The van der Waals surface area contributed by atoms with Crippen molar-refractivity contribution in [2.75, 3.05) is 0 Å². The zero-order valence-electron chi connectivity index (χ0n) is 20.6. The third-order valence-electron chi connectivity index (χ3n) is 5.77. The van der Waals surface area contributed by atoms with Gasteiger partial charge in [-0.1, -0.05) is 25.1 Å². The Balaban J connectivity index is 1.74. The molecule has 0 saturated heterocycles. The molecule has 0 radical (unpaired) electrons. The van der Waals surface area contributed by atoms with Crippen molar-refractivity contribution < 1.29 is 37.4 Å². The number of carbonyl (C=O) groups is 2. The molecule has 3 aromatic rings. The summed E-state index contributed by atoms with van der Waals surface area (Å²) in [6.07, 6.45) is -1.04. The molecule has 1 unspecified atom stereocenters. The Bertz CT molecular complexity index is 1450. The van der Waals surface area contributed by atoms with Gasteiger partial charge in [-0.25, -0.2) is 9.59 Å². The van der Waals surface area contributed by atoms with E-state index in [1.165, 1.54) is 30.5 Å². The van der Waals surface area contributed by atoms with E-state index in [1.54, 1.807) is 43.3 Å². The number of nitrogens with one attached hydrogen (secondary N) is 1. The average Bonchev–Trinajstić information content (AvgIpc) is 3.22. The lowest BCUT2D eigenvalue weighted by molar-refractivity contribution is -0.134. The number of amides is 1. The van der Waals surface area contributed by atoms with E-state index >= 15 is 0 Å². The fourth-order valence-electron chi connectivity index (χ4n) is 3.74. The third-order valence-corrected chi connectivity index (χ3v) is 6.82. The molecular formula is C27H26F3NO6S. The monoisotopic (exact) mass is 549 g/mol. The van der Waals surface area contributed by atoms with Gasteiger partial charge in [-0.15, -0.1) is 11.3 Å². The SMILES string of the molecule is CC(=Cc1cc2ccc(CCC(F)(F)F)cc2s1)C(=O)c1c(O)cc(C(C)CCC=CNC(=O)O)oc1=O. The highest BCUT2D eigenvalue weighted by Gasteiger charge is 2.26. The van der Waals surface area contributed by atoms with Crippen molar-refractivity contribution in [3.05, 3.63) is 80.4 Å². The second-order valence-corrected chi connectivity index (χ2v) is 9.93. The number of Topliss-reactive ketones (excluding diaryl/α,β-unsaturated/α-hetero) is 1. The van der Waals surface area contributed by atoms with Crippen LogP contribution in [0.25, 0.3) is 16.2 Å². The zero-order chi connectivity index (χ0) is 28.0. The van der Waals surface area contributed by atoms with E-state index in [0.717, 1.165) is 10.1 Å². The predicted octanol–water partition coefficient (Wildman–Crippen LogP) is 7.01. The topological polar surface area (TPSA) is 117 Å². The van der Waals surface area contributed by atoms with Crippen LogP contribution in [0.2, 0.25) is 0 Å². The molecule has 0 aliphatic rings. The van der Waals surface area contributed by atoms with Gasteiger partial charge >= 0.3 is 17.9 Å². The number of benzene rings is 1. The lowest BCUT2D eigenvalue weighted by atomic mass is 10.00. The van der Waals surface area contributed by atoms with Crippen molar-refractivity contribution in [2.45, 2.75) is 51.6 Å². The van der Waals surface area contributed by atoms with Crippen LogP contribution in [-0.2, 0) is 6.42 Å². The van der Waals surface area contributed by atoms with E-state index < -0.39 is 41.4 Å². The first kappa shape index (κ1) is 28.7. The van der Waals surface area contributed by atoms with Crippen LogP contribution >= 0.6 is 11.3 Å². The number of aromatic hydroxyl groups is 1. The second kappa shape index (κ2) is 12.1. The van der Waals surface area contributed by atoms with Gasteiger partial charge in [-0.3, -0.25) is 10.1 Å². The summed E-state index contributed by atoms with van der Waals surface area (Å²) in [6.45, 7) is 3.26. The van der Waals surface area contributed by atoms with Crippen LogP contribution in [0.3, 0.4) is 0 Å². The summed E-state index contributed by atoms with van der Waals surface area (Å²) in [5.74, 6) is -1.31. The first-order valence-corrected chi connectivity index (χ1v) is 12.5. The number of allylic oxidation sites excluding steroid dienone is 2. The molecule has 0 fully saturated rings. The number of fused-ring (bicyclic) bond motifs is 1. The summed E-state index contributed by atoms with van der Waals surface area (Å²) in [4.78, 5) is 36.6. The van der Waals surface area contributed by atoms with Gasteiger partial charge in [0.05, 0.1) is 0 Å². The number of hydrogen-bond donors (Lipinski definition) is 3. The minimum atomic E-state index is -4.23. The minimum absolute atomic E-state index is 0.123. The maximum atomic E-state index is 13.0. The molecule has 0 aliphatic heterocycles. The van der Waals surface area contributed by atoms with Crippen molar-refractivity contribution in [1.29, 1.82) is 0 Å². The number of thiophene rings is 1. The van der Waals surface area contributed by atoms with E-state index in [4.69, 9.17) is 9.52 Å². The van der Waals surface area contributed by atoms with Crippen molar-refractivity contribution in [2.24, 2.45) is 0 Å². The quantitative estimate of drug-likeness (QED) is 0.185. The highest BCUT2D eigenvalue weighted by atomic mass is 32.1. The molecule has 1 aromatic carbocycles. The number of aryl methyl sites for hydroxylation is 1. The standard InChI is InChI=1S/C27H26F3NO6S/c1-15(5-3-4-10-31-26(35)36)21-14-20(32)23(25(34)37-21)24(33)16(2)11-19-13-18-7-6-17(12-22(18)38-19)8-9-27(28,29)30/h4,6-7,10-15,31-32H,3,5,8-9H2,1-2H3,(H,35,36). The summed E-state index contributed by atoms with van der Waals surface area (Å²) in [5, 5.41) is 21.9. The third kappa shape index (κ3) is 7.82. The molecule has 38 heavy (non-hydrogen) atoms. The molecule has 3 N–H and O–H groups in total. The first-order valence-electron chi connectivity index (χ1n) is 11.7. The largest absolute Gasteiger partial charge is 0.507 e. The maximum Gasteiger partial charge on any atom is 0.408 e. The number of rotatable bonds is 10. The zero-order valence-corrected chi connectivity index (χ0v) is 21.4. The molecule has 3 rings (SSSR count). The number of carboxylic acid groups (broad SMARTS) is 1. The van der Waals surface area contributed by atoms with Gasteiger partial charge in [0.15, 0.2) is 5.78 Å². The summed E-state index contributed by atoms with van der Waals surface area (Å²) in [6, 6.07) is 8.08. The van der Waals surface area contributed by atoms with Gasteiger partial charge in [0.2, 0.25) is 0 Å². The van der Waals surface area contributed by atoms with Crippen LogP contribution in [0.15, 0.2) is 57.4 Å². The van der Waals surface area contributed by atoms with Crippen molar-refractivity contribution >= 4 is 39.4 Å². The summed E-state index contributed by atoms with van der Waals surface area (Å²) in [7, 11) is 0. The molecule has 1 atom stereocenters. The van der Waals surface area contributed by atoms with Crippen LogP contribution < -0.4 is 10.9 Å². The van der Waals surface area contributed by atoms with Gasteiger partial charge in [-0.05, 0) is 60.9 Å². The van der Waals surface area contributed by atoms with Crippen LogP contribution in [0.5, 0.6) is 5.75 Å². The highest BCUT2D eigenvalue weighted by Crippen LogP contribution is 2.31. The molecule has 0 spiro atoms. The van der Waals surface area contributed by atoms with E-state index in [0.29, 0.717) is 23.3 Å². The van der Waals surface area contributed by atoms with Crippen LogP contribution in [0.4, 0.5) is 18.0 Å². The Labute approximate surface area is 219 Å². The molecule has 11 heteroatoms. The molecular weight excluding hydrogens is 523 g/mol. The van der Waals surface area contributed by atoms with Crippen molar-refractivity contribution in [1.82, 2.24) is 5.32 Å². The average molecular weight is 550 g/mol. The maximum absolute atomic E-state index is 13.0. The highest BCUT2D eigenvalue weighted by molar-refractivity contribution is 7.19. The Morgan fingerprint density at radius 3 is 2.61 bits per heavy atom. The lowest BCUT2D eigenvalue weighted by Gasteiger charge is -2.11. The lowest BCUT2D eigenvalue weighted by Crippen LogP contribution is -2.16. The summed E-state index contributed by atoms with van der Waals surface area (Å²) >= 11 is 1.30. The molecule has 202 valence electrons. The summed E-state index contributed by atoms with van der Waals surface area (Å²) < 4.78 is 43.7. The number of ketones is 1. The minimum Gasteiger partial charge on any atom is -0.507 e.